The van der Waals surface area contributed by atoms with Crippen LogP contribution in [0.4, 0.5) is 10.5 Å². The maximum atomic E-state index is 12.5. The van der Waals surface area contributed by atoms with Crippen LogP contribution in [-0.4, -0.2) is 58.0 Å². The lowest BCUT2D eigenvalue weighted by Gasteiger charge is -2.26. The number of urea groups is 1. The molecule has 0 spiro atoms. The average Bonchev–Trinajstić information content (AvgIpc) is 3.16. The number of fused-ring (bicyclic) bond motifs is 1. The van der Waals surface area contributed by atoms with Gasteiger partial charge in [-0.2, -0.15) is 0 Å². The van der Waals surface area contributed by atoms with E-state index in [0.29, 0.717) is 48.4 Å². The Bertz CT molecular complexity index is 966. The van der Waals surface area contributed by atoms with Crippen molar-refractivity contribution in [3.8, 4) is 23.0 Å². The standard InChI is InChI=1S/C22H25N3O6/c1-28-17-8-7-15(10-20(17)29-2)25-12-14(9-21(25)26)24-22(27)23-11-16-13-30-18-5-3-4-6-19(18)31-16/h3-8,10,14,16H,9,11-13H2,1-2H3,(H2,23,24,27)/t14-,16+/m1/s1. The number of carbonyl (C=O) groups is 2. The summed E-state index contributed by atoms with van der Waals surface area (Å²) in [7, 11) is 3.10. The SMILES string of the molecule is COc1ccc(N2C[C@H](NC(=O)NC[C@H]3COc4ccccc4O3)CC2=O)cc1OC. The van der Waals surface area contributed by atoms with Crippen molar-refractivity contribution in [3.05, 3.63) is 42.5 Å². The van der Waals surface area contributed by atoms with Gasteiger partial charge in [-0.15, -0.1) is 0 Å². The molecule has 2 N–H and O–H groups in total. The highest BCUT2D eigenvalue weighted by Gasteiger charge is 2.32. The molecule has 9 heteroatoms. The van der Waals surface area contributed by atoms with Crippen molar-refractivity contribution >= 4 is 17.6 Å². The fourth-order valence-corrected chi connectivity index (χ4v) is 3.65. The number of methoxy groups -OCH3 is 2. The van der Waals surface area contributed by atoms with Gasteiger partial charge in [-0.3, -0.25) is 4.79 Å². The Morgan fingerprint density at radius 2 is 1.90 bits per heavy atom. The second-order valence-corrected chi connectivity index (χ2v) is 7.30. The van der Waals surface area contributed by atoms with Gasteiger partial charge in [0.25, 0.3) is 0 Å². The summed E-state index contributed by atoms with van der Waals surface area (Å²) in [6.07, 6.45) is -0.0628. The van der Waals surface area contributed by atoms with Crippen LogP contribution in [0.1, 0.15) is 6.42 Å². The molecule has 3 amide bonds. The zero-order chi connectivity index (χ0) is 21.8. The number of nitrogens with one attached hydrogen (secondary N) is 2. The van der Waals surface area contributed by atoms with Gasteiger partial charge in [0.15, 0.2) is 29.1 Å². The van der Waals surface area contributed by atoms with E-state index in [1.807, 2.05) is 24.3 Å². The molecule has 2 atom stereocenters. The predicted octanol–water partition coefficient (Wildman–Crippen LogP) is 1.95. The van der Waals surface area contributed by atoms with Gasteiger partial charge in [0.1, 0.15) is 6.61 Å². The topological polar surface area (TPSA) is 98.4 Å². The van der Waals surface area contributed by atoms with Crippen LogP contribution in [0.2, 0.25) is 0 Å². The molecule has 2 aromatic carbocycles. The second kappa shape index (κ2) is 9.03. The van der Waals surface area contributed by atoms with Gasteiger partial charge < -0.3 is 34.5 Å². The smallest absolute Gasteiger partial charge is 0.315 e. The molecule has 1 saturated heterocycles. The molecule has 9 nitrogen and oxygen atoms in total. The first-order valence-electron chi connectivity index (χ1n) is 10.0. The molecule has 164 valence electrons. The number of rotatable bonds is 6. The van der Waals surface area contributed by atoms with Gasteiger partial charge in [-0.25, -0.2) is 4.79 Å². The van der Waals surface area contributed by atoms with Crippen LogP contribution in [0, 0.1) is 0 Å². The minimum atomic E-state index is -0.352. The van der Waals surface area contributed by atoms with E-state index in [2.05, 4.69) is 10.6 Å². The Balaban J connectivity index is 1.28. The number of hydrogen-bond donors (Lipinski definition) is 2. The van der Waals surface area contributed by atoms with E-state index in [1.165, 1.54) is 0 Å². The van der Waals surface area contributed by atoms with Gasteiger partial charge in [0.05, 0.1) is 26.8 Å². The molecular formula is C22H25N3O6. The molecule has 2 aromatic rings. The lowest BCUT2D eigenvalue weighted by molar-refractivity contribution is -0.117. The summed E-state index contributed by atoms with van der Waals surface area (Å²) in [6.45, 7) is 1.02. The third-order valence-corrected chi connectivity index (χ3v) is 5.20. The van der Waals surface area contributed by atoms with Crippen molar-refractivity contribution in [2.75, 3.05) is 38.8 Å². The highest BCUT2D eigenvalue weighted by Crippen LogP contribution is 2.33. The fourth-order valence-electron chi connectivity index (χ4n) is 3.65. The Kier molecular flexibility index (Phi) is 6.01. The largest absolute Gasteiger partial charge is 0.493 e. The van der Waals surface area contributed by atoms with Crippen LogP contribution >= 0.6 is 0 Å². The molecule has 0 saturated carbocycles. The van der Waals surface area contributed by atoms with E-state index < -0.39 is 0 Å². The maximum absolute atomic E-state index is 12.5. The molecule has 0 bridgehead atoms. The van der Waals surface area contributed by atoms with Gasteiger partial charge in [-0.05, 0) is 24.3 Å². The van der Waals surface area contributed by atoms with Crippen LogP contribution in [0.5, 0.6) is 23.0 Å². The van der Waals surface area contributed by atoms with Crippen molar-refractivity contribution in [1.82, 2.24) is 10.6 Å². The Morgan fingerprint density at radius 1 is 1.13 bits per heavy atom. The van der Waals surface area contributed by atoms with Crippen LogP contribution in [0.3, 0.4) is 0 Å². The Morgan fingerprint density at radius 3 is 2.68 bits per heavy atom. The van der Waals surface area contributed by atoms with Crippen LogP contribution < -0.4 is 34.5 Å². The molecule has 0 unspecified atom stereocenters. The summed E-state index contributed by atoms with van der Waals surface area (Å²) >= 11 is 0. The minimum Gasteiger partial charge on any atom is -0.493 e. The van der Waals surface area contributed by atoms with Crippen molar-refractivity contribution in [3.63, 3.8) is 0 Å². The van der Waals surface area contributed by atoms with Crippen molar-refractivity contribution in [2.24, 2.45) is 0 Å². The Labute approximate surface area is 180 Å². The molecule has 2 heterocycles. The first-order valence-corrected chi connectivity index (χ1v) is 10.0. The lowest BCUT2D eigenvalue weighted by Crippen LogP contribution is -2.47. The normalized spacial score (nSPS) is 19.7. The molecule has 0 aliphatic carbocycles. The van der Waals surface area contributed by atoms with E-state index in [0.717, 1.165) is 0 Å². The molecule has 2 aliphatic rings. The number of carbonyl (C=O) groups excluding carboxylic acids is 2. The maximum Gasteiger partial charge on any atom is 0.315 e. The van der Waals surface area contributed by atoms with E-state index in [9.17, 15) is 9.59 Å². The number of para-hydroxylation sites is 2. The van der Waals surface area contributed by atoms with Crippen molar-refractivity contribution in [1.29, 1.82) is 0 Å². The number of hydrogen-bond acceptors (Lipinski definition) is 6. The summed E-state index contributed by atoms with van der Waals surface area (Å²) < 4.78 is 22.0. The molecule has 2 aliphatic heterocycles. The third-order valence-electron chi connectivity index (χ3n) is 5.20. The molecule has 31 heavy (non-hydrogen) atoms. The number of ether oxygens (including phenoxy) is 4. The monoisotopic (exact) mass is 427 g/mol. The van der Waals surface area contributed by atoms with E-state index in [4.69, 9.17) is 18.9 Å². The summed E-state index contributed by atoms with van der Waals surface area (Å²) in [4.78, 5) is 26.5. The van der Waals surface area contributed by atoms with Gasteiger partial charge in [0, 0.05) is 24.7 Å². The number of benzene rings is 2. The Hall–Kier alpha value is -3.62. The summed E-state index contributed by atoms with van der Waals surface area (Å²) in [5.74, 6) is 2.41. The second-order valence-electron chi connectivity index (χ2n) is 7.30. The van der Waals surface area contributed by atoms with Gasteiger partial charge in [-0.1, -0.05) is 12.1 Å². The van der Waals surface area contributed by atoms with Gasteiger partial charge in [0.2, 0.25) is 5.91 Å². The highest BCUT2D eigenvalue weighted by atomic mass is 16.6. The number of anilines is 1. The molecule has 4 rings (SSSR count). The number of nitrogens with zero attached hydrogens (tertiary/aromatic N) is 1. The quantitative estimate of drug-likeness (QED) is 0.731. The van der Waals surface area contributed by atoms with Gasteiger partial charge >= 0.3 is 6.03 Å². The average molecular weight is 427 g/mol. The molecular weight excluding hydrogens is 402 g/mol. The summed E-state index contributed by atoms with van der Waals surface area (Å²) in [5.41, 5.74) is 0.693. The molecule has 0 aromatic heterocycles. The zero-order valence-corrected chi connectivity index (χ0v) is 17.4. The summed E-state index contributed by atoms with van der Waals surface area (Å²) in [5, 5.41) is 5.65. The van der Waals surface area contributed by atoms with E-state index in [1.54, 1.807) is 37.3 Å². The van der Waals surface area contributed by atoms with Crippen LogP contribution in [0.15, 0.2) is 42.5 Å². The highest BCUT2D eigenvalue weighted by molar-refractivity contribution is 5.97. The molecule has 0 radical (unpaired) electrons. The van der Waals surface area contributed by atoms with Crippen LogP contribution in [-0.2, 0) is 4.79 Å². The fraction of sp³-hybridized carbons (Fsp3) is 0.364. The first kappa shape index (κ1) is 20.6. The minimum absolute atomic E-state index is 0.0712. The van der Waals surface area contributed by atoms with Crippen molar-refractivity contribution < 1.29 is 28.5 Å². The van der Waals surface area contributed by atoms with E-state index >= 15 is 0 Å². The zero-order valence-electron chi connectivity index (χ0n) is 17.4. The lowest BCUT2D eigenvalue weighted by atomic mass is 10.2. The molecule has 1 fully saturated rings. The first-order chi connectivity index (χ1) is 15.1. The van der Waals surface area contributed by atoms with Crippen LogP contribution in [0.25, 0.3) is 0 Å². The summed E-state index contributed by atoms with van der Waals surface area (Å²) in [6, 6.07) is 12.0. The third kappa shape index (κ3) is 4.60. The van der Waals surface area contributed by atoms with Crippen molar-refractivity contribution in [2.45, 2.75) is 18.6 Å². The number of amides is 3. The predicted molar refractivity (Wildman–Crippen MR) is 113 cm³/mol. The van der Waals surface area contributed by atoms with E-state index in [-0.39, 0.29) is 30.5 Å².